The first kappa shape index (κ1) is 21.3. The molecular weight excluding hydrogens is 386 g/mol. The van der Waals surface area contributed by atoms with Gasteiger partial charge in [0.1, 0.15) is 12.4 Å². The minimum Gasteiger partial charge on any atom is -0.493 e. The summed E-state index contributed by atoms with van der Waals surface area (Å²) in [5, 5.41) is 2.91. The highest BCUT2D eigenvalue weighted by Gasteiger charge is 2.20. The SMILES string of the molecule is COc1ccc(C(=O)NCc2cccc(COCc3ccco3)c2)c(OC)c1OC. The van der Waals surface area contributed by atoms with Crippen LogP contribution in [0.2, 0.25) is 0 Å². The number of nitrogens with one attached hydrogen (secondary N) is 1. The molecule has 0 saturated carbocycles. The predicted octanol–water partition coefficient (Wildman–Crippen LogP) is 3.95. The first-order chi connectivity index (χ1) is 14.7. The molecule has 158 valence electrons. The largest absolute Gasteiger partial charge is 0.493 e. The zero-order valence-corrected chi connectivity index (χ0v) is 17.3. The molecule has 1 heterocycles. The van der Waals surface area contributed by atoms with Crippen LogP contribution in [0.4, 0.5) is 0 Å². The van der Waals surface area contributed by atoms with E-state index in [1.165, 1.54) is 21.3 Å². The molecule has 0 radical (unpaired) electrons. The van der Waals surface area contributed by atoms with Gasteiger partial charge in [-0.2, -0.15) is 0 Å². The molecule has 30 heavy (non-hydrogen) atoms. The molecule has 0 atom stereocenters. The van der Waals surface area contributed by atoms with Gasteiger partial charge in [-0.3, -0.25) is 4.79 Å². The number of hydrogen-bond donors (Lipinski definition) is 1. The smallest absolute Gasteiger partial charge is 0.255 e. The standard InChI is InChI=1S/C23H25NO6/c1-26-20-10-9-19(21(27-2)22(20)28-3)23(25)24-13-16-6-4-7-17(12-16)14-29-15-18-8-5-11-30-18/h4-12H,13-15H2,1-3H3,(H,24,25). The van der Waals surface area contributed by atoms with Gasteiger partial charge in [-0.25, -0.2) is 0 Å². The van der Waals surface area contributed by atoms with Gasteiger partial charge in [-0.05, 0) is 35.4 Å². The lowest BCUT2D eigenvalue weighted by Gasteiger charge is -2.15. The monoisotopic (exact) mass is 411 g/mol. The molecule has 3 aromatic rings. The van der Waals surface area contributed by atoms with Crippen LogP contribution < -0.4 is 19.5 Å². The van der Waals surface area contributed by atoms with E-state index in [0.717, 1.165) is 16.9 Å². The van der Waals surface area contributed by atoms with E-state index in [9.17, 15) is 4.79 Å². The van der Waals surface area contributed by atoms with Crippen LogP contribution in [0, 0.1) is 0 Å². The predicted molar refractivity (Wildman–Crippen MR) is 111 cm³/mol. The molecule has 7 nitrogen and oxygen atoms in total. The second-order valence-electron chi connectivity index (χ2n) is 6.46. The summed E-state index contributed by atoms with van der Waals surface area (Å²) in [4.78, 5) is 12.7. The first-order valence-electron chi connectivity index (χ1n) is 9.41. The average molecular weight is 411 g/mol. The molecule has 0 saturated heterocycles. The number of methoxy groups -OCH3 is 3. The summed E-state index contributed by atoms with van der Waals surface area (Å²) in [7, 11) is 4.52. The third-order valence-corrected chi connectivity index (χ3v) is 4.49. The van der Waals surface area contributed by atoms with Gasteiger partial charge in [0.05, 0.1) is 39.8 Å². The number of carbonyl (C=O) groups is 1. The summed E-state index contributed by atoms with van der Waals surface area (Å²) in [6.45, 7) is 1.22. The van der Waals surface area contributed by atoms with Crippen molar-refractivity contribution in [3.63, 3.8) is 0 Å². The summed E-state index contributed by atoms with van der Waals surface area (Å²) in [6.07, 6.45) is 1.62. The third-order valence-electron chi connectivity index (χ3n) is 4.49. The Kier molecular flexibility index (Phi) is 7.34. The van der Waals surface area contributed by atoms with Gasteiger partial charge >= 0.3 is 0 Å². The Morgan fingerprint density at radius 3 is 2.40 bits per heavy atom. The Balaban J connectivity index is 1.62. The van der Waals surface area contributed by atoms with Crippen molar-refractivity contribution in [1.82, 2.24) is 5.32 Å². The number of carbonyl (C=O) groups excluding carboxylic acids is 1. The van der Waals surface area contributed by atoms with Gasteiger partial charge in [0.2, 0.25) is 5.75 Å². The molecule has 1 N–H and O–H groups in total. The van der Waals surface area contributed by atoms with Crippen molar-refractivity contribution in [2.75, 3.05) is 21.3 Å². The van der Waals surface area contributed by atoms with Crippen LogP contribution in [0.3, 0.4) is 0 Å². The molecule has 1 amide bonds. The summed E-state index contributed by atoms with van der Waals surface area (Å²) < 4.78 is 26.9. The Bertz CT molecular complexity index is 968. The molecule has 0 spiro atoms. The molecule has 3 rings (SSSR count). The zero-order chi connectivity index (χ0) is 21.3. The molecule has 1 aromatic heterocycles. The second-order valence-corrected chi connectivity index (χ2v) is 6.46. The number of rotatable bonds is 10. The van der Waals surface area contributed by atoms with E-state index >= 15 is 0 Å². The van der Waals surface area contributed by atoms with E-state index in [1.54, 1.807) is 18.4 Å². The fourth-order valence-electron chi connectivity index (χ4n) is 3.05. The average Bonchev–Trinajstić information content (AvgIpc) is 3.30. The molecule has 0 fully saturated rings. The summed E-state index contributed by atoms with van der Waals surface area (Å²) >= 11 is 0. The van der Waals surface area contributed by atoms with Gasteiger partial charge in [0.15, 0.2) is 11.5 Å². The van der Waals surface area contributed by atoms with Crippen molar-refractivity contribution in [3.8, 4) is 17.2 Å². The molecule has 7 heteroatoms. The summed E-state index contributed by atoms with van der Waals surface area (Å²) in [6, 6.07) is 14.9. The van der Waals surface area contributed by atoms with Crippen molar-refractivity contribution in [3.05, 3.63) is 77.2 Å². The Labute approximate surface area is 175 Å². The van der Waals surface area contributed by atoms with Gasteiger partial charge in [-0.1, -0.05) is 24.3 Å². The van der Waals surface area contributed by atoms with Crippen molar-refractivity contribution in [1.29, 1.82) is 0 Å². The van der Waals surface area contributed by atoms with Crippen LogP contribution in [0.15, 0.2) is 59.2 Å². The van der Waals surface area contributed by atoms with Crippen LogP contribution in [0.1, 0.15) is 27.2 Å². The topological polar surface area (TPSA) is 79.2 Å². The van der Waals surface area contributed by atoms with Crippen molar-refractivity contribution < 1.29 is 28.2 Å². The normalized spacial score (nSPS) is 10.5. The van der Waals surface area contributed by atoms with Crippen molar-refractivity contribution in [2.45, 2.75) is 19.8 Å². The van der Waals surface area contributed by atoms with Gasteiger partial charge < -0.3 is 28.7 Å². The Morgan fingerprint density at radius 2 is 1.70 bits per heavy atom. The molecule has 0 unspecified atom stereocenters. The van der Waals surface area contributed by atoms with E-state index < -0.39 is 0 Å². The Morgan fingerprint density at radius 1 is 0.900 bits per heavy atom. The van der Waals surface area contributed by atoms with Crippen LogP contribution >= 0.6 is 0 Å². The lowest BCUT2D eigenvalue weighted by molar-refractivity contribution is 0.0928. The van der Waals surface area contributed by atoms with Gasteiger partial charge in [-0.15, -0.1) is 0 Å². The van der Waals surface area contributed by atoms with E-state index in [2.05, 4.69) is 5.32 Å². The first-order valence-corrected chi connectivity index (χ1v) is 9.41. The maximum absolute atomic E-state index is 12.7. The van der Waals surface area contributed by atoms with Crippen molar-refractivity contribution in [2.24, 2.45) is 0 Å². The van der Waals surface area contributed by atoms with Gasteiger partial charge in [0.25, 0.3) is 5.91 Å². The van der Waals surface area contributed by atoms with Crippen LogP contribution in [-0.2, 0) is 24.5 Å². The molecule has 0 aliphatic heterocycles. The fourth-order valence-corrected chi connectivity index (χ4v) is 3.05. The Hall–Kier alpha value is -3.45. The highest BCUT2D eigenvalue weighted by molar-refractivity contribution is 5.98. The van der Waals surface area contributed by atoms with Gasteiger partial charge in [0, 0.05) is 6.54 Å². The highest BCUT2D eigenvalue weighted by atomic mass is 16.5. The molecule has 0 aliphatic rings. The summed E-state index contributed by atoms with van der Waals surface area (Å²) in [5.74, 6) is 1.71. The van der Waals surface area contributed by atoms with Crippen LogP contribution in [0.25, 0.3) is 0 Å². The number of hydrogen-bond acceptors (Lipinski definition) is 6. The minimum atomic E-state index is -0.271. The minimum absolute atomic E-state index is 0.271. The second kappa shape index (κ2) is 10.4. The zero-order valence-electron chi connectivity index (χ0n) is 17.3. The maximum atomic E-state index is 12.7. The van der Waals surface area contributed by atoms with E-state index in [1.807, 2.05) is 36.4 Å². The quantitative estimate of drug-likeness (QED) is 0.544. The van der Waals surface area contributed by atoms with E-state index in [0.29, 0.717) is 42.6 Å². The molecule has 0 bridgehead atoms. The van der Waals surface area contributed by atoms with Crippen LogP contribution in [0.5, 0.6) is 17.2 Å². The number of benzene rings is 2. The maximum Gasteiger partial charge on any atom is 0.255 e. The van der Waals surface area contributed by atoms with E-state index in [-0.39, 0.29) is 5.91 Å². The molecule has 2 aromatic carbocycles. The molecular formula is C23H25NO6. The van der Waals surface area contributed by atoms with Crippen molar-refractivity contribution >= 4 is 5.91 Å². The number of ether oxygens (including phenoxy) is 4. The number of furan rings is 1. The lowest BCUT2D eigenvalue weighted by Crippen LogP contribution is -2.23. The lowest BCUT2D eigenvalue weighted by atomic mass is 10.1. The fraction of sp³-hybridized carbons (Fsp3) is 0.261. The molecule has 0 aliphatic carbocycles. The third kappa shape index (κ3) is 5.12. The highest BCUT2D eigenvalue weighted by Crippen LogP contribution is 2.39. The number of amides is 1. The van der Waals surface area contributed by atoms with E-state index in [4.69, 9.17) is 23.4 Å². The van der Waals surface area contributed by atoms with Crippen LogP contribution in [-0.4, -0.2) is 27.2 Å². The summed E-state index contributed by atoms with van der Waals surface area (Å²) in [5.41, 5.74) is 2.34.